The zero-order chi connectivity index (χ0) is 22.0. The molecule has 0 amide bonds. The first-order valence-corrected chi connectivity index (χ1v) is 9.73. The molecular weight excluding hydrogens is 397 g/mol. The van der Waals surface area contributed by atoms with Crippen molar-refractivity contribution >= 4 is 5.95 Å². The summed E-state index contributed by atoms with van der Waals surface area (Å²) in [5.41, 5.74) is 9.79. The number of benzene rings is 1. The van der Waals surface area contributed by atoms with Gasteiger partial charge >= 0.3 is 0 Å². The Morgan fingerprint density at radius 2 is 1.84 bits per heavy atom. The molecule has 2 N–H and O–H groups in total. The van der Waals surface area contributed by atoms with E-state index in [2.05, 4.69) is 25.3 Å². The van der Waals surface area contributed by atoms with Gasteiger partial charge in [0.2, 0.25) is 5.95 Å². The van der Waals surface area contributed by atoms with Gasteiger partial charge in [0.25, 0.3) is 0 Å². The largest absolute Gasteiger partial charge is 0.375 e. The SMILES string of the molecule is CO[C@H](C)c1cccc(Cn2cc(-c3cc(-c4cccc(C)c4F)nc(N)n3)nn2)n1. The molecule has 0 saturated heterocycles. The Bertz CT molecular complexity index is 1220. The van der Waals surface area contributed by atoms with Gasteiger partial charge in [-0.2, -0.15) is 0 Å². The third-order valence-corrected chi connectivity index (χ3v) is 4.93. The molecule has 158 valence electrons. The van der Waals surface area contributed by atoms with Crippen molar-refractivity contribution in [2.24, 2.45) is 0 Å². The number of halogens is 1. The number of pyridine rings is 1. The Morgan fingerprint density at radius 1 is 1.06 bits per heavy atom. The van der Waals surface area contributed by atoms with Crippen molar-refractivity contribution in [3.63, 3.8) is 0 Å². The standard InChI is InChI=1S/C22H22FN7O/c1-13-6-4-8-16(21(13)23)18-10-19(27-22(24)26-18)20-12-30(29-28-20)11-15-7-5-9-17(25-15)14(2)31-3/h4-10,12,14H,11H2,1-3H3,(H2,24,26,27)/t14-/m1/s1. The van der Waals surface area contributed by atoms with E-state index in [-0.39, 0.29) is 17.9 Å². The van der Waals surface area contributed by atoms with Gasteiger partial charge in [0.15, 0.2) is 0 Å². The Balaban J connectivity index is 1.62. The molecule has 0 unspecified atom stereocenters. The smallest absolute Gasteiger partial charge is 0.221 e. The zero-order valence-corrected chi connectivity index (χ0v) is 17.5. The molecule has 0 fully saturated rings. The van der Waals surface area contributed by atoms with E-state index in [1.165, 1.54) is 0 Å². The van der Waals surface area contributed by atoms with Gasteiger partial charge in [-0.3, -0.25) is 4.98 Å². The van der Waals surface area contributed by atoms with Crippen molar-refractivity contribution in [1.29, 1.82) is 0 Å². The minimum Gasteiger partial charge on any atom is -0.375 e. The summed E-state index contributed by atoms with van der Waals surface area (Å²) >= 11 is 0. The van der Waals surface area contributed by atoms with Gasteiger partial charge in [0.05, 0.1) is 41.6 Å². The summed E-state index contributed by atoms with van der Waals surface area (Å²) in [5.74, 6) is -0.308. The van der Waals surface area contributed by atoms with E-state index in [1.807, 2.05) is 25.1 Å². The molecule has 4 aromatic rings. The molecule has 0 spiro atoms. The molecule has 4 rings (SSSR count). The minimum absolute atomic E-state index is 0.0332. The molecule has 3 aromatic heterocycles. The number of nitrogen functional groups attached to an aromatic ring is 1. The second kappa shape index (κ2) is 8.57. The molecule has 0 radical (unpaired) electrons. The molecule has 0 bridgehead atoms. The first-order chi connectivity index (χ1) is 14.9. The highest BCUT2D eigenvalue weighted by molar-refractivity contribution is 5.68. The molecule has 8 nitrogen and oxygen atoms in total. The number of methoxy groups -OCH3 is 1. The van der Waals surface area contributed by atoms with Crippen LogP contribution < -0.4 is 5.73 Å². The molecule has 31 heavy (non-hydrogen) atoms. The summed E-state index contributed by atoms with van der Waals surface area (Å²) < 4.78 is 21.6. The summed E-state index contributed by atoms with van der Waals surface area (Å²) in [5, 5.41) is 8.36. The van der Waals surface area contributed by atoms with E-state index in [0.717, 1.165) is 11.4 Å². The maximum absolute atomic E-state index is 14.6. The van der Waals surface area contributed by atoms with E-state index in [0.29, 0.717) is 34.8 Å². The predicted molar refractivity (Wildman–Crippen MR) is 114 cm³/mol. The van der Waals surface area contributed by atoms with Crippen LogP contribution in [0.25, 0.3) is 22.6 Å². The highest BCUT2D eigenvalue weighted by Crippen LogP contribution is 2.27. The lowest BCUT2D eigenvalue weighted by Gasteiger charge is -2.10. The van der Waals surface area contributed by atoms with E-state index in [9.17, 15) is 4.39 Å². The maximum atomic E-state index is 14.6. The summed E-state index contributed by atoms with van der Waals surface area (Å²) in [6.07, 6.45) is 1.64. The number of aryl methyl sites for hydroxylation is 1. The highest BCUT2D eigenvalue weighted by Gasteiger charge is 2.14. The number of nitrogens with two attached hydrogens (primary N) is 1. The van der Waals surface area contributed by atoms with Gasteiger partial charge in [0, 0.05) is 12.7 Å². The van der Waals surface area contributed by atoms with Gasteiger partial charge in [-0.05, 0) is 43.7 Å². The van der Waals surface area contributed by atoms with Crippen molar-refractivity contribution in [3.8, 4) is 22.6 Å². The van der Waals surface area contributed by atoms with Crippen LogP contribution in [0.15, 0.2) is 48.7 Å². The van der Waals surface area contributed by atoms with Crippen LogP contribution in [0.1, 0.15) is 30.0 Å². The number of hydrogen-bond donors (Lipinski definition) is 1. The molecule has 0 aliphatic rings. The van der Waals surface area contributed by atoms with E-state index < -0.39 is 0 Å². The fraction of sp³-hybridized carbons (Fsp3) is 0.227. The topological polar surface area (TPSA) is 105 Å². The molecule has 9 heteroatoms. The number of hydrogen-bond acceptors (Lipinski definition) is 7. The van der Waals surface area contributed by atoms with Crippen molar-refractivity contribution in [2.75, 3.05) is 12.8 Å². The van der Waals surface area contributed by atoms with Crippen LogP contribution in [-0.4, -0.2) is 37.1 Å². The lowest BCUT2D eigenvalue weighted by molar-refractivity contribution is 0.116. The Kier molecular flexibility index (Phi) is 5.68. The van der Waals surface area contributed by atoms with Gasteiger partial charge in [-0.1, -0.05) is 23.4 Å². The normalized spacial score (nSPS) is 12.1. The molecule has 3 heterocycles. The number of anilines is 1. The molecule has 0 saturated carbocycles. The van der Waals surface area contributed by atoms with Gasteiger partial charge in [0.1, 0.15) is 11.5 Å². The maximum Gasteiger partial charge on any atom is 0.221 e. The average molecular weight is 419 g/mol. The van der Waals surface area contributed by atoms with Crippen LogP contribution in [0.4, 0.5) is 10.3 Å². The zero-order valence-electron chi connectivity index (χ0n) is 17.5. The van der Waals surface area contributed by atoms with Gasteiger partial charge in [-0.15, -0.1) is 5.10 Å². The van der Waals surface area contributed by atoms with E-state index in [4.69, 9.17) is 10.5 Å². The van der Waals surface area contributed by atoms with E-state index >= 15 is 0 Å². The van der Waals surface area contributed by atoms with Gasteiger partial charge in [-0.25, -0.2) is 19.0 Å². The summed E-state index contributed by atoms with van der Waals surface area (Å²) in [6.45, 7) is 4.07. The first kappa shape index (κ1) is 20.5. The van der Waals surface area contributed by atoms with Crippen LogP contribution in [0, 0.1) is 12.7 Å². The lowest BCUT2D eigenvalue weighted by atomic mass is 10.1. The van der Waals surface area contributed by atoms with E-state index in [1.54, 1.807) is 49.2 Å². The number of nitrogens with zero attached hydrogens (tertiary/aromatic N) is 6. The fourth-order valence-corrected chi connectivity index (χ4v) is 3.17. The van der Waals surface area contributed by atoms with Crippen molar-refractivity contribution < 1.29 is 9.13 Å². The highest BCUT2D eigenvalue weighted by atomic mass is 19.1. The molecule has 0 aliphatic heterocycles. The average Bonchev–Trinajstić information content (AvgIpc) is 3.23. The summed E-state index contributed by atoms with van der Waals surface area (Å²) in [7, 11) is 1.65. The Hall–Kier alpha value is -3.72. The van der Waals surface area contributed by atoms with Gasteiger partial charge < -0.3 is 10.5 Å². The first-order valence-electron chi connectivity index (χ1n) is 9.73. The van der Waals surface area contributed by atoms with Crippen molar-refractivity contribution in [2.45, 2.75) is 26.5 Å². The predicted octanol–water partition coefficient (Wildman–Crippen LogP) is 3.58. The number of aromatic nitrogens is 6. The molecule has 1 atom stereocenters. The van der Waals surface area contributed by atoms with Crippen LogP contribution in [-0.2, 0) is 11.3 Å². The third kappa shape index (κ3) is 4.41. The molecular formula is C22H22FN7O. The number of rotatable bonds is 6. The second-order valence-corrected chi connectivity index (χ2v) is 7.17. The Morgan fingerprint density at radius 3 is 2.65 bits per heavy atom. The summed E-state index contributed by atoms with van der Waals surface area (Å²) in [6, 6.07) is 12.5. The minimum atomic E-state index is -0.341. The quantitative estimate of drug-likeness (QED) is 0.509. The van der Waals surface area contributed by atoms with Crippen LogP contribution >= 0.6 is 0 Å². The number of ether oxygens (including phenoxy) is 1. The van der Waals surface area contributed by atoms with Crippen molar-refractivity contribution in [3.05, 3.63) is 71.4 Å². The molecule has 1 aromatic carbocycles. The lowest BCUT2D eigenvalue weighted by Crippen LogP contribution is -2.06. The third-order valence-electron chi connectivity index (χ3n) is 4.93. The molecule has 0 aliphatic carbocycles. The van der Waals surface area contributed by atoms with Crippen LogP contribution in [0.5, 0.6) is 0 Å². The van der Waals surface area contributed by atoms with Crippen molar-refractivity contribution in [1.82, 2.24) is 29.9 Å². The monoisotopic (exact) mass is 419 g/mol. The second-order valence-electron chi connectivity index (χ2n) is 7.17. The van der Waals surface area contributed by atoms with Crippen LogP contribution in [0.3, 0.4) is 0 Å². The summed E-state index contributed by atoms with van der Waals surface area (Å²) in [4.78, 5) is 13.0. The fourth-order valence-electron chi connectivity index (χ4n) is 3.17. The van der Waals surface area contributed by atoms with Crippen LogP contribution in [0.2, 0.25) is 0 Å². The Labute approximate surface area is 179 Å².